The van der Waals surface area contributed by atoms with Crippen molar-refractivity contribution >= 4 is 29.9 Å². The standard InChI is InChI=1S/C20H23F2N3O2.HI/c1-23-20(25-9-11-27-19-5-3-16(21)13-17(19)22)24-8-6-14-2-4-18-15(12-14)7-10-26-18;/h2-5,12-13H,6-11H2,1H3,(H2,23,24,25);1H. The topological polar surface area (TPSA) is 54.9 Å². The van der Waals surface area contributed by atoms with Crippen molar-refractivity contribution in [1.82, 2.24) is 10.6 Å². The number of nitrogens with one attached hydrogen (secondary N) is 2. The van der Waals surface area contributed by atoms with Gasteiger partial charge in [-0.2, -0.15) is 0 Å². The van der Waals surface area contributed by atoms with Gasteiger partial charge < -0.3 is 20.1 Å². The first-order valence-electron chi connectivity index (χ1n) is 8.92. The van der Waals surface area contributed by atoms with Gasteiger partial charge in [0.2, 0.25) is 0 Å². The third kappa shape index (κ3) is 6.22. The van der Waals surface area contributed by atoms with E-state index in [1.165, 1.54) is 17.2 Å². The second-order valence-electron chi connectivity index (χ2n) is 6.14. The molecule has 2 aromatic carbocycles. The second kappa shape index (κ2) is 11.0. The Morgan fingerprint density at radius 3 is 2.75 bits per heavy atom. The molecule has 0 saturated heterocycles. The van der Waals surface area contributed by atoms with Gasteiger partial charge in [0, 0.05) is 26.1 Å². The van der Waals surface area contributed by atoms with Crippen LogP contribution in [0.5, 0.6) is 11.5 Å². The number of guanidine groups is 1. The van der Waals surface area contributed by atoms with Crippen molar-refractivity contribution in [2.45, 2.75) is 12.8 Å². The molecule has 0 aromatic heterocycles. The highest BCUT2D eigenvalue weighted by Gasteiger charge is 2.11. The molecule has 2 aromatic rings. The molecule has 0 radical (unpaired) electrons. The fraction of sp³-hybridized carbons (Fsp3) is 0.350. The van der Waals surface area contributed by atoms with Crippen molar-refractivity contribution in [3.63, 3.8) is 0 Å². The smallest absolute Gasteiger partial charge is 0.191 e. The summed E-state index contributed by atoms with van der Waals surface area (Å²) >= 11 is 0. The van der Waals surface area contributed by atoms with Gasteiger partial charge in [-0.25, -0.2) is 8.78 Å². The lowest BCUT2D eigenvalue weighted by molar-refractivity contribution is 0.304. The molecule has 0 amide bonds. The van der Waals surface area contributed by atoms with E-state index in [2.05, 4.69) is 27.8 Å². The molecule has 28 heavy (non-hydrogen) atoms. The van der Waals surface area contributed by atoms with E-state index in [1.807, 2.05) is 6.07 Å². The molecule has 3 rings (SSSR count). The molecule has 8 heteroatoms. The van der Waals surface area contributed by atoms with Crippen molar-refractivity contribution in [3.05, 3.63) is 59.2 Å². The predicted molar refractivity (Wildman–Crippen MR) is 116 cm³/mol. The summed E-state index contributed by atoms with van der Waals surface area (Å²) in [5.41, 5.74) is 2.51. The number of benzene rings is 2. The van der Waals surface area contributed by atoms with E-state index in [9.17, 15) is 8.78 Å². The fourth-order valence-electron chi connectivity index (χ4n) is 2.86. The van der Waals surface area contributed by atoms with Crippen LogP contribution in [0.1, 0.15) is 11.1 Å². The van der Waals surface area contributed by atoms with E-state index in [0.717, 1.165) is 43.9 Å². The van der Waals surface area contributed by atoms with Crippen LogP contribution in [0.15, 0.2) is 41.4 Å². The van der Waals surface area contributed by atoms with Crippen LogP contribution >= 0.6 is 24.0 Å². The Morgan fingerprint density at radius 2 is 1.96 bits per heavy atom. The molecule has 0 aliphatic carbocycles. The van der Waals surface area contributed by atoms with Crippen molar-refractivity contribution < 1.29 is 18.3 Å². The SMILES string of the molecule is CN=C(NCCOc1ccc(F)cc1F)NCCc1ccc2c(c1)CCO2.I. The number of nitrogens with zero attached hydrogens (tertiary/aromatic N) is 1. The number of hydrogen-bond donors (Lipinski definition) is 2. The Kier molecular flexibility index (Phi) is 8.75. The van der Waals surface area contributed by atoms with Crippen molar-refractivity contribution in [2.75, 3.05) is 33.4 Å². The minimum absolute atomic E-state index is 0. The van der Waals surface area contributed by atoms with Crippen LogP contribution in [-0.4, -0.2) is 39.3 Å². The largest absolute Gasteiger partial charge is 0.493 e. The maximum absolute atomic E-state index is 13.5. The Labute approximate surface area is 180 Å². The molecule has 0 bridgehead atoms. The van der Waals surface area contributed by atoms with Crippen LogP contribution < -0.4 is 20.1 Å². The van der Waals surface area contributed by atoms with E-state index in [-0.39, 0.29) is 36.3 Å². The number of rotatable bonds is 7. The summed E-state index contributed by atoms with van der Waals surface area (Å²) in [6, 6.07) is 9.53. The van der Waals surface area contributed by atoms with Gasteiger partial charge in [0.25, 0.3) is 0 Å². The minimum Gasteiger partial charge on any atom is -0.493 e. The average molecular weight is 503 g/mol. The van der Waals surface area contributed by atoms with Crippen LogP contribution in [0.25, 0.3) is 0 Å². The molecule has 152 valence electrons. The lowest BCUT2D eigenvalue weighted by Gasteiger charge is -2.13. The lowest BCUT2D eigenvalue weighted by atomic mass is 10.1. The van der Waals surface area contributed by atoms with Gasteiger partial charge in [0.15, 0.2) is 17.5 Å². The van der Waals surface area contributed by atoms with Crippen molar-refractivity contribution in [1.29, 1.82) is 0 Å². The van der Waals surface area contributed by atoms with Gasteiger partial charge in [-0.05, 0) is 35.7 Å². The molecule has 0 atom stereocenters. The lowest BCUT2D eigenvalue weighted by Crippen LogP contribution is -2.40. The fourth-order valence-corrected chi connectivity index (χ4v) is 2.86. The van der Waals surface area contributed by atoms with Crippen LogP contribution in [0, 0.1) is 11.6 Å². The zero-order chi connectivity index (χ0) is 19.1. The zero-order valence-electron chi connectivity index (χ0n) is 15.6. The summed E-state index contributed by atoms with van der Waals surface area (Å²) in [6.07, 6.45) is 1.83. The van der Waals surface area contributed by atoms with Crippen LogP contribution in [0.2, 0.25) is 0 Å². The molecule has 0 saturated carbocycles. The number of fused-ring (bicyclic) bond motifs is 1. The summed E-state index contributed by atoms with van der Waals surface area (Å²) in [5.74, 6) is 0.321. The quantitative estimate of drug-likeness (QED) is 0.264. The van der Waals surface area contributed by atoms with Gasteiger partial charge >= 0.3 is 0 Å². The van der Waals surface area contributed by atoms with E-state index < -0.39 is 11.6 Å². The number of halogens is 3. The Morgan fingerprint density at radius 1 is 1.14 bits per heavy atom. The molecular weight excluding hydrogens is 479 g/mol. The molecule has 0 spiro atoms. The van der Waals surface area contributed by atoms with Gasteiger partial charge in [-0.1, -0.05) is 12.1 Å². The van der Waals surface area contributed by atoms with Crippen LogP contribution in [0.4, 0.5) is 8.78 Å². The molecule has 0 unspecified atom stereocenters. The maximum atomic E-state index is 13.5. The first-order valence-corrected chi connectivity index (χ1v) is 8.92. The second-order valence-corrected chi connectivity index (χ2v) is 6.14. The van der Waals surface area contributed by atoms with Gasteiger partial charge in [0.1, 0.15) is 18.2 Å². The van der Waals surface area contributed by atoms with Gasteiger partial charge in [-0.3, -0.25) is 4.99 Å². The maximum Gasteiger partial charge on any atom is 0.191 e. The summed E-state index contributed by atoms with van der Waals surface area (Å²) < 4.78 is 37.2. The number of ether oxygens (including phenoxy) is 2. The normalized spacial score (nSPS) is 12.6. The van der Waals surface area contributed by atoms with Gasteiger partial charge in [-0.15, -0.1) is 24.0 Å². The molecule has 5 nitrogen and oxygen atoms in total. The van der Waals surface area contributed by atoms with Crippen LogP contribution in [-0.2, 0) is 12.8 Å². The summed E-state index contributed by atoms with van der Waals surface area (Å²) in [7, 11) is 1.68. The van der Waals surface area contributed by atoms with Gasteiger partial charge in [0.05, 0.1) is 13.2 Å². The highest BCUT2D eigenvalue weighted by Crippen LogP contribution is 2.25. The monoisotopic (exact) mass is 503 g/mol. The highest BCUT2D eigenvalue weighted by molar-refractivity contribution is 14.0. The van der Waals surface area contributed by atoms with E-state index >= 15 is 0 Å². The zero-order valence-corrected chi connectivity index (χ0v) is 18.0. The molecule has 2 N–H and O–H groups in total. The van der Waals surface area contributed by atoms with Crippen molar-refractivity contribution in [3.8, 4) is 11.5 Å². The Balaban J connectivity index is 0.00000280. The summed E-state index contributed by atoms with van der Waals surface area (Å²) in [5, 5.41) is 6.33. The summed E-state index contributed by atoms with van der Waals surface area (Å²) in [4.78, 5) is 4.15. The number of aliphatic imine (C=N–C) groups is 1. The van der Waals surface area contributed by atoms with E-state index in [1.54, 1.807) is 7.05 Å². The van der Waals surface area contributed by atoms with E-state index in [0.29, 0.717) is 12.5 Å². The van der Waals surface area contributed by atoms with E-state index in [4.69, 9.17) is 9.47 Å². The third-order valence-corrected chi connectivity index (χ3v) is 4.23. The third-order valence-electron chi connectivity index (χ3n) is 4.23. The Bertz CT molecular complexity index is 818. The molecule has 1 aliphatic rings. The molecule has 0 fully saturated rings. The average Bonchev–Trinajstić information content (AvgIpc) is 3.13. The molecule has 1 heterocycles. The van der Waals surface area contributed by atoms with Crippen LogP contribution in [0.3, 0.4) is 0 Å². The first kappa shape index (κ1) is 22.2. The molecular formula is C20H24F2IN3O2. The molecule has 1 aliphatic heterocycles. The predicted octanol–water partition coefficient (Wildman–Crippen LogP) is 3.30. The first-order chi connectivity index (χ1) is 13.2. The number of hydrogen-bond acceptors (Lipinski definition) is 3. The minimum atomic E-state index is -0.711. The highest BCUT2D eigenvalue weighted by atomic mass is 127. The van der Waals surface area contributed by atoms with Crippen molar-refractivity contribution in [2.24, 2.45) is 4.99 Å². The Hall–Kier alpha value is -2.10. The summed E-state index contributed by atoms with van der Waals surface area (Å²) in [6.45, 7) is 2.16.